The van der Waals surface area contributed by atoms with Gasteiger partial charge in [-0.1, -0.05) is 30.3 Å². The second kappa shape index (κ2) is 4.87. The standard InChI is InChI=1S/C11H14ClN3/c1-7(2)10(13)11(15-14)8-4-3-5-9(12)6-8/h3-6,15H,1,13-14H2,2H3/b11-10+. The second-order valence-corrected chi connectivity index (χ2v) is 3.66. The van der Waals surface area contributed by atoms with Crippen molar-refractivity contribution in [3.8, 4) is 0 Å². The quantitative estimate of drug-likeness (QED) is 0.417. The van der Waals surface area contributed by atoms with Crippen LogP contribution in [0.1, 0.15) is 12.5 Å². The molecule has 0 atom stereocenters. The van der Waals surface area contributed by atoms with Crippen LogP contribution in [0, 0.1) is 0 Å². The Balaban J connectivity index is 3.24. The van der Waals surface area contributed by atoms with Gasteiger partial charge in [0.25, 0.3) is 0 Å². The second-order valence-electron chi connectivity index (χ2n) is 3.22. The number of halogens is 1. The summed E-state index contributed by atoms with van der Waals surface area (Å²) in [4.78, 5) is 0. The molecule has 0 heterocycles. The maximum Gasteiger partial charge on any atom is 0.0792 e. The van der Waals surface area contributed by atoms with E-state index in [1.165, 1.54) is 0 Å². The molecule has 0 saturated carbocycles. The lowest BCUT2D eigenvalue weighted by Crippen LogP contribution is -2.24. The first-order valence-corrected chi connectivity index (χ1v) is 4.82. The van der Waals surface area contributed by atoms with Crippen LogP contribution in [0.25, 0.3) is 5.70 Å². The molecular formula is C11H14ClN3. The normalized spacial score (nSPS) is 11.9. The number of benzene rings is 1. The van der Waals surface area contributed by atoms with Gasteiger partial charge in [0.15, 0.2) is 0 Å². The number of hydrogen-bond donors (Lipinski definition) is 3. The predicted octanol–water partition coefficient (Wildman–Crippen LogP) is 2.01. The Morgan fingerprint density at radius 3 is 2.60 bits per heavy atom. The Kier molecular flexibility index (Phi) is 3.77. The highest BCUT2D eigenvalue weighted by Crippen LogP contribution is 2.19. The van der Waals surface area contributed by atoms with Gasteiger partial charge in [0, 0.05) is 10.6 Å². The molecule has 5 N–H and O–H groups in total. The lowest BCUT2D eigenvalue weighted by molar-refractivity contribution is 0.975. The van der Waals surface area contributed by atoms with Crippen LogP contribution in [0.5, 0.6) is 0 Å². The number of allylic oxidation sites excluding steroid dienone is 1. The van der Waals surface area contributed by atoms with E-state index in [9.17, 15) is 0 Å². The van der Waals surface area contributed by atoms with Gasteiger partial charge in [-0.25, -0.2) is 0 Å². The van der Waals surface area contributed by atoms with Crippen LogP contribution >= 0.6 is 11.6 Å². The third kappa shape index (κ3) is 2.75. The highest BCUT2D eigenvalue weighted by atomic mass is 35.5. The SMILES string of the molecule is C=C(C)/C(N)=C(\NN)c1cccc(Cl)c1. The summed E-state index contributed by atoms with van der Waals surface area (Å²) in [6, 6.07) is 7.28. The molecule has 0 aliphatic rings. The summed E-state index contributed by atoms with van der Waals surface area (Å²) in [6.45, 7) is 5.58. The van der Waals surface area contributed by atoms with Gasteiger partial charge in [0.1, 0.15) is 0 Å². The van der Waals surface area contributed by atoms with Gasteiger partial charge in [-0.15, -0.1) is 0 Å². The molecule has 1 aromatic carbocycles. The molecule has 3 nitrogen and oxygen atoms in total. The summed E-state index contributed by atoms with van der Waals surface area (Å²) >= 11 is 5.88. The Morgan fingerprint density at radius 2 is 2.13 bits per heavy atom. The summed E-state index contributed by atoms with van der Waals surface area (Å²) in [6.07, 6.45) is 0. The van der Waals surface area contributed by atoms with Crippen molar-refractivity contribution in [1.29, 1.82) is 0 Å². The Morgan fingerprint density at radius 1 is 1.47 bits per heavy atom. The van der Waals surface area contributed by atoms with Crippen LogP contribution in [0.15, 0.2) is 42.1 Å². The van der Waals surface area contributed by atoms with Crippen LogP contribution < -0.4 is 17.0 Å². The van der Waals surface area contributed by atoms with Crippen molar-refractivity contribution in [3.63, 3.8) is 0 Å². The number of nitrogens with two attached hydrogens (primary N) is 2. The van der Waals surface area contributed by atoms with Gasteiger partial charge in [-0.3, -0.25) is 5.84 Å². The van der Waals surface area contributed by atoms with Gasteiger partial charge in [-0.05, 0) is 24.6 Å². The van der Waals surface area contributed by atoms with Crippen molar-refractivity contribution >= 4 is 17.3 Å². The molecule has 0 amide bonds. The summed E-state index contributed by atoms with van der Waals surface area (Å²) in [5.74, 6) is 5.42. The van der Waals surface area contributed by atoms with Crippen LogP contribution in [-0.2, 0) is 0 Å². The van der Waals surface area contributed by atoms with E-state index in [1.54, 1.807) is 12.1 Å². The molecule has 0 bridgehead atoms. The molecule has 4 heteroatoms. The first-order chi connectivity index (χ1) is 7.06. The molecule has 0 fully saturated rings. The van der Waals surface area contributed by atoms with E-state index in [4.69, 9.17) is 23.2 Å². The number of rotatable bonds is 3. The molecule has 0 spiro atoms. The van der Waals surface area contributed by atoms with Crippen molar-refractivity contribution in [2.45, 2.75) is 6.92 Å². The van der Waals surface area contributed by atoms with E-state index in [-0.39, 0.29) is 0 Å². The molecule has 0 aromatic heterocycles. The molecule has 1 aromatic rings. The predicted molar refractivity (Wildman–Crippen MR) is 64.7 cm³/mol. The fraction of sp³-hybridized carbons (Fsp3) is 0.0909. The first kappa shape index (κ1) is 11.6. The van der Waals surface area contributed by atoms with Crippen LogP contribution in [0.4, 0.5) is 0 Å². The Bertz CT molecular complexity index is 410. The highest BCUT2D eigenvalue weighted by Gasteiger charge is 2.06. The topological polar surface area (TPSA) is 64.1 Å². The minimum atomic E-state index is 0.528. The largest absolute Gasteiger partial charge is 0.397 e. The first-order valence-electron chi connectivity index (χ1n) is 4.44. The molecular weight excluding hydrogens is 210 g/mol. The van der Waals surface area contributed by atoms with Crippen molar-refractivity contribution in [2.75, 3.05) is 0 Å². The third-order valence-corrected chi connectivity index (χ3v) is 2.22. The fourth-order valence-electron chi connectivity index (χ4n) is 1.17. The van der Waals surface area contributed by atoms with Gasteiger partial charge >= 0.3 is 0 Å². The molecule has 0 saturated heterocycles. The van der Waals surface area contributed by atoms with Crippen molar-refractivity contribution in [2.24, 2.45) is 11.6 Å². The average Bonchev–Trinajstić information content (AvgIpc) is 2.18. The zero-order valence-electron chi connectivity index (χ0n) is 8.55. The number of hydrazine groups is 1. The smallest absolute Gasteiger partial charge is 0.0792 e. The highest BCUT2D eigenvalue weighted by molar-refractivity contribution is 6.30. The fourth-order valence-corrected chi connectivity index (χ4v) is 1.36. The Labute approximate surface area is 94.4 Å². The monoisotopic (exact) mass is 223 g/mol. The van der Waals surface area contributed by atoms with E-state index >= 15 is 0 Å². The molecule has 0 aliphatic heterocycles. The molecule has 15 heavy (non-hydrogen) atoms. The number of hydrogen-bond acceptors (Lipinski definition) is 3. The van der Waals surface area contributed by atoms with Crippen molar-refractivity contribution < 1.29 is 0 Å². The van der Waals surface area contributed by atoms with Crippen molar-refractivity contribution in [1.82, 2.24) is 5.43 Å². The molecule has 1 rings (SSSR count). The van der Waals surface area contributed by atoms with Gasteiger partial charge in [-0.2, -0.15) is 0 Å². The zero-order chi connectivity index (χ0) is 11.4. The van der Waals surface area contributed by atoms with Crippen LogP contribution in [0.3, 0.4) is 0 Å². The lowest BCUT2D eigenvalue weighted by Gasteiger charge is -2.11. The number of nitrogens with one attached hydrogen (secondary N) is 1. The lowest BCUT2D eigenvalue weighted by atomic mass is 10.1. The van der Waals surface area contributed by atoms with E-state index in [0.29, 0.717) is 16.4 Å². The third-order valence-electron chi connectivity index (χ3n) is 1.99. The molecule has 0 radical (unpaired) electrons. The summed E-state index contributed by atoms with van der Waals surface area (Å²) in [5, 5.41) is 0.634. The minimum absolute atomic E-state index is 0.528. The zero-order valence-corrected chi connectivity index (χ0v) is 9.31. The summed E-state index contributed by atoms with van der Waals surface area (Å²) in [7, 11) is 0. The van der Waals surface area contributed by atoms with E-state index in [2.05, 4.69) is 12.0 Å². The maximum absolute atomic E-state index is 5.88. The molecule has 0 unspecified atom stereocenters. The van der Waals surface area contributed by atoms with Crippen LogP contribution in [-0.4, -0.2) is 0 Å². The van der Waals surface area contributed by atoms with Gasteiger partial charge in [0.05, 0.1) is 11.4 Å². The maximum atomic E-state index is 5.88. The van der Waals surface area contributed by atoms with E-state index < -0.39 is 0 Å². The summed E-state index contributed by atoms with van der Waals surface area (Å²) < 4.78 is 0. The van der Waals surface area contributed by atoms with E-state index in [0.717, 1.165) is 11.1 Å². The summed E-state index contributed by atoms with van der Waals surface area (Å²) in [5.41, 5.74) is 11.2. The van der Waals surface area contributed by atoms with Crippen molar-refractivity contribution in [3.05, 3.63) is 52.7 Å². The molecule has 80 valence electrons. The van der Waals surface area contributed by atoms with Gasteiger partial charge in [0.2, 0.25) is 0 Å². The average molecular weight is 224 g/mol. The van der Waals surface area contributed by atoms with Crippen LogP contribution in [0.2, 0.25) is 5.02 Å². The van der Waals surface area contributed by atoms with Gasteiger partial charge < -0.3 is 11.2 Å². The molecule has 0 aliphatic carbocycles. The van der Waals surface area contributed by atoms with E-state index in [1.807, 2.05) is 19.1 Å². The Hall–Kier alpha value is -1.45. The minimum Gasteiger partial charge on any atom is -0.397 e.